The molecular formula is C15H24N2O. The molecule has 1 saturated heterocycles. The summed E-state index contributed by atoms with van der Waals surface area (Å²) in [5, 5.41) is 9.06. The first kappa shape index (κ1) is 13.5. The summed E-state index contributed by atoms with van der Waals surface area (Å²) < 4.78 is 0. The van der Waals surface area contributed by atoms with Crippen LogP contribution in [0.4, 0.5) is 0 Å². The SMILES string of the molecule is CC(C)(C#N)CCN1CCCC1C1CCCC1=O. The Morgan fingerprint density at radius 1 is 1.39 bits per heavy atom. The summed E-state index contributed by atoms with van der Waals surface area (Å²) in [6.45, 7) is 6.07. The molecule has 3 heteroatoms. The lowest BCUT2D eigenvalue weighted by Gasteiger charge is -2.30. The maximum atomic E-state index is 11.9. The highest BCUT2D eigenvalue weighted by molar-refractivity contribution is 5.83. The van der Waals surface area contributed by atoms with Crippen LogP contribution in [-0.4, -0.2) is 29.8 Å². The van der Waals surface area contributed by atoms with Crippen molar-refractivity contribution in [2.75, 3.05) is 13.1 Å². The fourth-order valence-corrected chi connectivity index (χ4v) is 3.31. The smallest absolute Gasteiger partial charge is 0.137 e. The zero-order chi connectivity index (χ0) is 13.2. The summed E-state index contributed by atoms with van der Waals surface area (Å²) >= 11 is 0. The molecule has 1 heterocycles. The molecule has 0 aromatic heterocycles. The first-order valence-electron chi connectivity index (χ1n) is 7.21. The van der Waals surface area contributed by atoms with E-state index in [1.165, 1.54) is 12.8 Å². The van der Waals surface area contributed by atoms with Crippen molar-refractivity contribution in [1.29, 1.82) is 5.26 Å². The van der Waals surface area contributed by atoms with Gasteiger partial charge in [0.05, 0.1) is 11.5 Å². The molecule has 3 nitrogen and oxygen atoms in total. The van der Waals surface area contributed by atoms with Crippen LogP contribution in [0.2, 0.25) is 0 Å². The van der Waals surface area contributed by atoms with Gasteiger partial charge in [0.2, 0.25) is 0 Å². The van der Waals surface area contributed by atoms with Gasteiger partial charge in [-0.1, -0.05) is 0 Å². The maximum Gasteiger partial charge on any atom is 0.137 e. The fraction of sp³-hybridized carbons (Fsp3) is 0.867. The fourth-order valence-electron chi connectivity index (χ4n) is 3.31. The Morgan fingerprint density at radius 2 is 2.17 bits per heavy atom. The van der Waals surface area contributed by atoms with Crippen LogP contribution in [-0.2, 0) is 4.79 Å². The number of Topliss-reactive ketones (excluding diaryl/α,β-unsaturated/α-hetero) is 1. The van der Waals surface area contributed by atoms with Crippen LogP contribution in [0.1, 0.15) is 52.4 Å². The number of nitriles is 1. The molecule has 2 unspecified atom stereocenters. The molecule has 0 spiro atoms. The van der Waals surface area contributed by atoms with Crippen molar-refractivity contribution in [2.45, 2.75) is 58.4 Å². The zero-order valence-corrected chi connectivity index (χ0v) is 11.6. The average Bonchev–Trinajstić information content (AvgIpc) is 2.94. The standard InChI is InChI=1S/C15H24N2O/c1-15(2,11-16)8-10-17-9-4-6-13(17)12-5-3-7-14(12)18/h12-13H,3-10H2,1-2H3. The monoisotopic (exact) mass is 248 g/mol. The summed E-state index contributed by atoms with van der Waals surface area (Å²) in [5.74, 6) is 0.768. The molecule has 0 bridgehead atoms. The van der Waals surface area contributed by atoms with Crippen molar-refractivity contribution in [2.24, 2.45) is 11.3 Å². The van der Waals surface area contributed by atoms with E-state index in [2.05, 4.69) is 11.0 Å². The van der Waals surface area contributed by atoms with Crippen LogP contribution < -0.4 is 0 Å². The Bertz CT molecular complexity index is 356. The number of carbonyl (C=O) groups is 1. The summed E-state index contributed by atoms with van der Waals surface area (Å²) in [4.78, 5) is 14.4. The molecule has 0 N–H and O–H groups in total. The van der Waals surface area contributed by atoms with Gasteiger partial charge in [0.1, 0.15) is 5.78 Å². The van der Waals surface area contributed by atoms with Crippen LogP contribution >= 0.6 is 0 Å². The molecular weight excluding hydrogens is 224 g/mol. The quantitative estimate of drug-likeness (QED) is 0.768. The van der Waals surface area contributed by atoms with Crippen molar-refractivity contribution < 1.29 is 4.79 Å². The van der Waals surface area contributed by atoms with E-state index < -0.39 is 0 Å². The molecule has 100 valence electrons. The third-order valence-electron chi connectivity index (χ3n) is 4.56. The Morgan fingerprint density at radius 3 is 2.78 bits per heavy atom. The summed E-state index contributed by atoms with van der Waals surface area (Å²) in [6, 6.07) is 2.83. The van der Waals surface area contributed by atoms with Crippen LogP contribution in [0.25, 0.3) is 0 Å². The number of hydrogen-bond acceptors (Lipinski definition) is 3. The van der Waals surface area contributed by atoms with Gasteiger partial charge in [-0.3, -0.25) is 9.69 Å². The topological polar surface area (TPSA) is 44.1 Å². The van der Waals surface area contributed by atoms with Crippen LogP contribution in [0, 0.1) is 22.7 Å². The van der Waals surface area contributed by atoms with E-state index in [0.717, 1.165) is 38.8 Å². The molecule has 2 rings (SSSR count). The summed E-state index contributed by atoms with van der Waals surface area (Å²) in [7, 11) is 0. The van der Waals surface area contributed by atoms with E-state index >= 15 is 0 Å². The molecule has 1 aliphatic carbocycles. The van der Waals surface area contributed by atoms with Gasteiger partial charge < -0.3 is 0 Å². The second-order valence-electron chi connectivity index (χ2n) is 6.46. The van der Waals surface area contributed by atoms with E-state index in [4.69, 9.17) is 5.26 Å². The average molecular weight is 248 g/mol. The largest absolute Gasteiger partial charge is 0.300 e. The molecule has 1 aliphatic heterocycles. The highest BCUT2D eigenvalue weighted by atomic mass is 16.1. The van der Waals surface area contributed by atoms with Crippen molar-refractivity contribution in [1.82, 2.24) is 4.90 Å². The van der Waals surface area contributed by atoms with Crippen molar-refractivity contribution in [3.05, 3.63) is 0 Å². The predicted molar refractivity (Wildman–Crippen MR) is 71.0 cm³/mol. The van der Waals surface area contributed by atoms with Gasteiger partial charge in [0.25, 0.3) is 0 Å². The van der Waals surface area contributed by atoms with E-state index in [1.807, 2.05) is 13.8 Å². The second kappa shape index (κ2) is 5.40. The van der Waals surface area contributed by atoms with E-state index in [9.17, 15) is 4.79 Å². The lowest BCUT2D eigenvalue weighted by atomic mass is 9.90. The van der Waals surface area contributed by atoms with Gasteiger partial charge >= 0.3 is 0 Å². The van der Waals surface area contributed by atoms with E-state index in [-0.39, 0.29) is 11.3 Å². The van der Waals surface area contributed by atoms with Crippen LogP contribution in [0.5, 0.6) is 0 Å². The number of carbonyl (C=O) groups excluding carboxylic acids is 1. The van der Waals surface area contributed by atoms with Crippen molar-refractivity contribution in [3.8, 4) is 6.07 Å². The van der Waals surface area contributed by atoms with E-state index in [1.54, 1.807) is 0 Å². The zero-order valence-electron chi connectivity index (χ0n) is 11.6. The Labute approximate surface area is 110 Å². The number of rotatable bonds is 4. The minimum atomic E-state index is -0.243. The number of hydrogen-bond donors (Lipinski definition) is 0. The number of nitrogens with zero attached hydrogens (tertiary/aromatic N) is 2. The lowest BCUT2D eigenvalue weighted by Crippen LogP contribution is -2.39. The molecule has 1 saturated carbocycles. The van der Waals surface area contributed by atoms with Crippen molar-refractivity contribution >= 4 is 5.78 Å². The number of likely N-dealkylation sites (tertiary alicyclic amines) is 1. The van der Waals surface area contributed by atoms with Crippen LogP contribution in [0.15, 0.2) is 0 Å². The minimum Gasteiger partial charge on any atom is -0.300 e. The van der Waals surface area contributed by atoms with Gasteiger partial charge in [-0.05, 0) is 59.0 Å². The molecule has 18 heavy (non-hydrogen) atoms. The molecule has 0 radical (unpaired) electrons. The molecule has 2 aliphatic rings. The first-order valence-corrected chi connectivity index (χ1v) is 7.21. The normalized spacial score (nSPS) is 29.7. The van der Waals surface area contributed by atoms with Gasteiger partial charge in [0.15, 0.2) is 0 Å². The first-order chi connectivity index (χ1) is 8.53. The van der Waals surface area contributed by atoms with Crippen molar-refractivity contribution in [3.63, 3.8) is 0 Å². The lowest BCUT2D eigenvalue weighted by molar-refractivity contribution is -0.122. The minimum absolute atomic E-state index is 0.243. The third-order valence-corrected chi connectivity index (χ3v) is 4.56. The highest BCUT2D eigenvalue weighted by Gasteiger charge is 2.38. The molecule has 0 aromatic carbocycles. The predicted octanol–water partition coefficient (Wildman–Crippen LogP) is 2.76. The molecule has 2 fully saturated rings. The van der Waals surface area contributed by atoms with Gasteiger partial charge in [-0.15, -0.1) is 0 Å². The molecule has 2 atom stereocenters. The summed E-state index contributed by atoms with van der Waals surface area (Å²) in [5.41, 5.74) is -0.243. The second-order valence-corrected chi connectivity index (χ2v) is 6.46. The third kappa shape index (κ3) is 2.92. The molecule has 0 amide bonds. The van der Waals surface area contributed by atoms with Crippen LogP contribution in [0.3, 0.4) is 0 Å². The van der Waals surface area contributed by atoms with Gasteiger partial charge in [-0.25, -0.2) is 0 Å². The van der Waals surface area contributed by atoms with Gasteiger partial charge in [0, 0.05) is 18.4 Å². The van der Waals surface area contributed by atoms with Gasteiger partial charge in [-0.2, -0.15) is 5.26 Å². The Balaban J connectivity index is 1.92. The molecule has 0 aromatic rings. The highest BCUT2D eigenvalue weighted by Crippen LogP contribution is 2.34. The Hall–Kier alpha value is -0.880. The van der Waals surface area contributed by atoms with E-state index in [0.29, 0.717) is 11.8 Å². The Kier molecular flexibility index (Phi) is 4.07. The number of ketones is 1. The maximum absolute atomic E-state index is 11.9. The summed E-state index contributed by atoms with van der Waals surface area (Å²) in [6.07, 6.45) is 6.24.